The zero-order valence-electron chi connectivity index (χ0n) is 7.34. The summed E-state index contributed by atoms with van der Waals surface area (Å²) in [5.41, 5.74) is 0. The average molecular weight is 192 g/mol. The minimum absolute atomic E-state index is 0. The van der Waals surface area contributed by atoms with E-state index in [1.54, 1.807) is 6.92 Å². The predicted octanol–water partition coefficient (Wildman–Crippen LogP) is -0.0975. The highest BCUT2D eigenvalue weighted by molar-refractivity contribution is 4.89. The summed E-state index contributed by atoms with van der Waals surface area (Å²) in [6, 6.07) is 0. The molecule has 0 aromatic carbocycles. The van der Waals surface area contributed by atoms with Gasteiger partial charge in [0.05, 0.1) is 12.2 Å². The van der Waals surface area contributed by atoms with E-state index in [2.05, 4.69) is 0 Å². The maximum atomic E-state index is 9.39. The molecule has 4 heteroatoms. The Kier molecular flexibility index (Phi) is 4.85. The first kappa shape index (κ1) is 12.8. The zero-order chi connectivity index (χ0) is 9.30. The molecule has 5 atom stereocenters. The van der Waals surface area contributed by atoms with E-state index in [9.17, 15) is 15.3 Å². The number of ether oxygens (including phenoxy) is 1. The zero-order valence-corrected chi connectivity index (χ0v) is 7.34. The van der Waals surface area contributed by atoms with Gasteiger partial charge in [0.2, 0.25) is 0 Å². The molecule has 1 aliphatic rings. The van der Waals surface area contributed by atoms with E-state index in [0.717, 1.165) is 0 Å². The average Bonchev–Trinajstić information content (AvgIpc) is 2.08. The Morgan fingerprint density at radius 2 is 1.62 bits per heavy atom. The third-order valence-electron chi connectivity index (χ3n) is 2.35. The maximum absolute atomic E-state index is 9.39. The Labute approximate surface area is 79.2 Å². The second-order valence-corrected chi connectivity index (χ2v) is 3.26. The van der Waals surface area contributed by atoms with E-state index in [-0.39, 0.29) is 13.5 Å². The topological polar surface area (TPSA) is 69.9 Å². The Morgan fingerprint density at radius 3 is 2.08 bits per heavy atom. The lowest BCUT2D eigenvalue weighted by Gasteiger charge is -2.39. The van der Waals surface area contributed by atoms with Crippen molar-refractivity contribution in [1.29, 1.82) is 0 Å². The van der Waals surface area contributed by atoms with Gasteiger partial charge in [0.1, 0.15) is 18.3 Å². The minimum Gasteiger partial charge on any atom is -0.388 e. The molecule has 1 fully saturated rings. The molecule has 0 aromatic rings. The minimum atomic E-state index is -1.08. The van der Waals surface area contributed by atoms with Crippen LogP contribution in [-0.4, -0.2) is 45.8 Å². The fraction of sp³-hybridized carbons (Fsp3) is 1.00. The van der Waals surface area contributed by atoms with Crippen LogP contribution in [0, 0.1) is 0 Å². The van der Waals surface area contributed by atoms with Crippen LogP contribution in [0.2, 0.25) is 0 Å². The molecule has 0 radical (unpaired) electrons. The summed E-state index contributed by atoms with van der Waals surface area (Å²) in [7, 11) is 0. The lowest BCUT2D eigenvalue weighted by Crippen LogP contribution is -2.56. The Bertz CT molecular complexity index is 146. The van der Waals surface area contributed by atoms with Crippen molar-refractivity contribution in [3.8, 4) is 0 Å². The quantitative estimate of drug-likeness (QED) is 0.542. The van der Waals surface area contributed by atoms with Gasteiger partial charge in [-0.1, -0.05) is 14.4 Å². The van der Waals surface area contributed by atoms with Crippen LogP contribution in [0.4, 0.5) is 0 Å². The monoisotopic (exact) mass is 192 g/mol. The van der Waals surface area contributed by atoms with Crippen molar-refractivity contribution in [2.24, 2.45) is 0 Å². The van der Waals surface area contributed by atoms with Crippen molar-refractivity contribution >= 4 is 0 Å². The smallest absolute Gasteiger partial charge is 0.111 e. The highest BCUT2D eigenvalue weighted by Gasteiger charge is 2.40. The van der Waals surface area contributed by atoms with E-state index in [1.165, 1.54) is 0 Å². The first-order valence-electron chi connectivity index (χ1n) is 4.27. The van der Waals surface area contributed by atoms with Gasteiger partial charge < -0.3 is 20.1 Å². The van der Waals surface area contributed by atoms with Crippen molar-refractivity contribution in [2.45, 2.75) is 58.2 Å². The molecule has 0 aromatic heterocycles. The molecule has 0 spiro atoms. The first-order valence-corrected chi connectivity index (χ1v) is 4.27. The number of hydrogen-bond acceptors (Lipinski definition) is 4. The van der Waals surface area contributed by atoms with Crippen LogP contribution in [0.3, 0.4) is 0 Å². The lowest BCUT2D eigenvalue weighted by molar-refractivity contribution is -0.217. The van der Waals surface area contributed by atoms with Crippen molar-refractivity contribution < 1.29 is 20.1 Å². The van der Waals surface area contributed by atoms with Crippen LogP contribution < -0.4 is 0 Å². The summed E-state index contributed by atoms with van der Waals surface area (Å²) in [6.07, 6.45) is -3.18. The van der Waals surface area contributed by atoms with Crippen LogP contribution in [0.1, 0.15) is 27.7 Å². The first-order chi connectivity index (χ1) is 5.57. The molecule has 3 N–H and O–H groups in total. The second kappa shape index (κ2) is 4.91. The van der Waals surface area contributed by atoms with Gasteiger partial charge in [-0.05, 0) is 13.3 Å². The van der Waals surface area contributed by atoms with Crippen molar-refractivity contribution in [3.05, 3.63) is 0 Å². The number of aliphatic hydroxyl groups is 3. The SMILES string of the molecule is C.CCC1O[C@@H](C)C(O)[C@H](O)[C@@H]1O. The molecule has 0 amide bonds. The Balaban J connectivity index is 0.00000144. The van der Waals surface area contributed by atoms with Crippen molar-refractivity contribution in [2.75, 3.05) is 0 Å². The number of aliphatic hydroxyl groups excluding tert-OH is 3. The van der Waals surface area contributed by atoms with Crippen molar-refractivity contribution in [1.82, 2.24) is 0 Å². The Hall–Kier alpha value is -0.160. The van der Waals surface area contributed by atoms with Crippen molar-refractivity contribution in [3.63, 3.8) is 0 Å². The Morgan fingerprint density at radius 1 is 1.08 bits per heavy atom. The molecule has 2 unspecified atom stereocenters. The summed E-state index contributed by atoms with van der Waals surface area (Å²) >= 11 is 0. The summed E-state index contributed by atoms with van der Waals surface area (Å²) in [6.45, 7) is 3.55. The van der Waals surface area contributed by atoms with E-state index in [1.807, 2.05) is 6.92 Å². The molecule has 4 nitrogen and oxygen atoms in total. The molecule has 13 heavy (non-hydrogen) atoms. The van der Waals surface area contributed by atoms with Gasteiger partial charge >= 0.3 is 0 Å². The summed E-state index contributed by atoms with van der Waals surface area (Å²) < 4.78 is 5.27. The predicted molar refractivity (Wildman–Crippen MR) is 49.4 cm³/mol. The van der Waals surface area contributed by atoms with Gasteiger partial charge in [-0.3, -0.25) is 0 Å². The fourth-order valence-corrected chi connectivity index (χ4v) is 1.47. The van der Waals surface area contributed by atoms with Gasteiger partial charge in [0.15, 0.2) is 0 Å². The van der Waals surface area contributed by atoms with E-state index >= 15 is 0 Å². The highest BCUT2D eigenvalue weighted by atomic mass is 16.5. The van der Waals surface area contributed by atoms with Crippen LogP contribution in [-0.2, 0) is 4.74 Å². The largest absolute Gasteiger partial charge is 0.388 e. The van der Waals surface area contributed by atoms with Crippen LogP contribution in [0.5, 0.6) is 0 Å². The second-order valence-electron chi connectivity index (χ2n) is 3.26. The van der Waals surface area contributed by atoms with E-state index < -0.39 is 24.4 Å². The van der Waals surface area contributed by atoms with Gasteiger partial charge in [-0.15, -0.1) is 0 Å². The number of hydrogen-bond donors (Lipinski definition) is 3. The molecule has 1 heterocycles. The number of rotatable bonds is 1. The normalized spacial score (nSPS) is 45.5. The fourth-order valence-electron chi connectivity index (χ4n) is 1.47. The molecule has 0 bridgehead atoms. The molecular formula is C9H20O4. The highest BCUT2D eigenvalue weighted by Crippen LogP contribution is 2.22. The van der Waals surface area contributed by atoms with Gasteiger partial charge in [0, 0.05) is 0 Å². The summed E-state index contributed by atoms with van der Waals surface area (Å²) in [4.78, 5) is 0. The molecule has 1 saturated heterocycles. The molecule has 1 aliphatic heterocycles. The maximum Gasteiger partial charge on any atom is 0.111 e. The molecule has 0 aliphatic carbocycles. The van der Waals surface area contributed by atoms with Crippen LogP contribution in [0.25, 0.3) is 0 Å². The molecule has 0 saturated carbocycles. The van der Waals surface area contributed by atoms with Crippen LogP contribution >= 0.6 is 0 Å². The van der Waals surface area contributed by atoms with Gasteiger partial charge in [-0.25, -0.2) is 0 Å². The molecule has 1 rings (SSSR count). The van der Waals surface area contributed by atoms with E-state index in [4.69, 9.17) is 4.74 Å². The van der Waals surface area contributed by atoms with Gasteiger partial charge in [-0.2, -0.15) is 0 Å². The summed E-state index contributed by atoms with van der Waals surface area (Å²) in [5, 5.41) is 28.0. The molecular weight excluding hydrogens is 172 g/mol. The summed E-state index contributed by atoms with van der Waals surface area (Å²) in [5.74, 6) is 0. The third kappa shape index (κ3) is 2.40. The molecule has 80 valence electrons. The standard InChI is InChI=1S/C8H16O4.CH4/c1-3-5-7(10)8(11)6(9)4(2)12-5;/h4-11H,3H2,1-2H3;1H4/t4-,5?,6?,7+,8-;/m0./s1. The lowest BCUT2D eigenvalue weighted by atomic mass is 9.94. The third-order valence-corrected chi connectivity index (χ3v) is 2.35. The van der Waals surface area contributed by atoms with Gasteiger partial charge in [0.25, 0.3) is 0 Å². The van der Waals surface area contributed by atoms with E-state index in [0.29, 0.717) is 6.42 Å². The van der Waals surface area contributed by atoms with Crippen LogP contribution in [0.15, 0.2) is 0 Å².